The number of morpholine rings is 1. The van der Waals surface area contributed by atoms with Gasteiger partial charge in [0.05, 0.1) is 25.7 Å². The summed E-state index contributed by atoms with van der Waals surface area (Å²) in [4.78, 5) is 21.3. The molecule has 37 heavy (non-hydrogen) atoms. The molecule has 0 spiro atoms. The number of carbonyl (C=O) groups excluding carboxylic acids is 1. The summed E-state index contributed by atoms with van der Waals surface area (Å²) in [5.74, 6) is 0.394. The summed E-state index contributed by atoms with van der Waals surface area (Å²) in [6.07, 6.45) is 3.76. The molecule has 0 bridgehead atoms. The quantitative estimate of drug-likeness (QED) is 0.409. The number of benzene rings is 2. The fraction of sp³-hybridized carbons (Fsp3) is 0.483. The van der Waals surface area contributed by atoms with E-state index in [0.29, 0.717) is 25.4 Å². The Labute approximate surface area is 217 Å². The highest BCUT2D eigenvalue weighted by atomic mass is 19.1. The number of para-hydroxylation sites is 1. The van der Waals surface area contributed by atoms with Crippen LogP contribution >= 0.6 is 0 Å². The van der Waals surface area contributed by atoms with E-state index in [4.69, 9.17) is 9.47 Å². The lowest BCUT2D eigenvalue weighted by Gasteiger charge is -2.37. The van der Waals surface area contributed by atoms with Crippen LogP contribution in [0.4, 0.5) is 4.39 Å². The first-order chi connectivity index (χ1) is 18.1. The number of likely N-dealkylation sites (tertiary alicyclic amines) is 1. The Balaban J connectivity index is 1.20. The molecule has 2 N–H and O–H groups in total. The molecule has 3 aromatic rings. The normalized spacial score (nSPS) is 21.2. The van der Waals surface area contributed by atoms with Gasteiger partial charge in [-0.15, -0.1) is 0 Å². The lowest BCUT2D eigenvalue weighted by atomic mass is 9.88. The number of amides is 1. The highest BCUT2D eigenvalue weighted by Crippen LogP contribution is 2.27. The highest BCUT2D eigenvalue weighted by Gasteiger charge is 2.32. The number of rotatable bonds is 10. The average molecular weight is 509 g/mol. The van der Waals surface area contributed by atoms with Crippen LogP contribution in [0.1, 0.15) is 18.4 Å². The van der Waals surface area contributed by atoms with E-state index in [1.165, 1.54) is 23.1 Å². The van der Waals surface area contributed by atoms with Crippen LogP contribution in [0, 0.1) is 17.7 Å². The van der Waals surface area contributed by atoms with Crippen LogP contribution in [0.15, 0.2) is 54.7 Å². The zero-order valence-corrected chi connectivity index (χ0v) is 21.3. The monoisotopic (exact) mass is 508 g/mol. The molecule has 0 aliphatic carbocycles. The topological polar surface area (TPSA) is 69.8 Å². The van der Waals surface area contributed by atoms with Gasteiger partial charge in [0, 0.05) is 68.4 Å². The second kappa shape index (κ2) is 12.5. The number of H-pyrrole nitrogens is 1. The molecule has 2 aliphatic heterocycles. The Bertz CT molecular complexity index is 1160. The van der Waals surface area contributed by atoms with Crippen LogP contribution in [0.25, 0.3) is 10.9 Å². The van der Waals surface area contributed by atoms with Gasteiger partial charge in [-0.25, -0.2) is 4.39 Å². The minimum atomic E-state index is -0.309. The maximum atomic E-state index is 13.6. The van der Waals surface area contributed by atoms with E-state index >= 15 is 0 Å². The molecule has 198 valence electrons. The maximum Gasteiger partial charge on any atom is 0.224 e. The van der Waals surface area contributed by atoms with Gasteiger partial charge in [-0.3, -0.25) is 14.6 Å². The lowest BCUT2D eigenvalue weighted by Crippen LogP contribution is -2.47. The second-order valence-electron chi connectivity index (χ2n) is 10.2. The highest BCUT2D eigenvalue weighted by molar-refractivity contribution is 5.83. The molecule has 8 heteroatoms. The second-order valence-corrected chi connectivity index (χ2v) is 10.2. The molecule has 2 aliphatic rings. The summed E-state index contributed by atoms with van der Waals surface area (Å²) in [5.41, 5.74) is 2.35. The SMILES string of the molecule is O=C(NCCCN1CCOCC1)[C@@H]1C[C@H](COc2cccc(F)c2)CN(Cc2c[nH]c3ccccc23)C1. The molecule has 0 unspecified atom stereocenters. The number of fused-ring (bicyclic) bond motifs is 1. The van der Waals surface area contributed by atoms with Gasteiger partial charge < -0.3 is 19.8 Å². The molecular formula is C29H37FN4O3. The Morgan fingerprint density at radius 1 is 1.11 bits per heavy atom. The molecular weight excluding hydrogens is 471 g/mol. The van der Waals surface area contributed by atoms with Crippen LogP contribution in [0.5, 0.6) is 5.75 Å². The van der Waals surface area contributed by atoms with E-state index in [9.17, 15) is 9.18 Å². The summed E-state index contributed by atoms with van der Waals surface area (Å²) in [5, 5.41) is 4.40. The third-order valence-electron chi connectivity index (χ3n) is 7.39. The number of nitrogens with zero attached hydrogens (tertiary/aromatic N) is 2. The Hall–Kier alpha value is -2.94. The number of ether oxygens (including phenoxy) is 2. The van der Waals surface area contributed by atoms with E-state index < -0.39 is 0 Å². The zero-order valence-electron chi connectivity index (χ0n) is 21.3. The number of hydrogen-bond donors (Lipinski definition) is 2. The average Bonchev–Trinajstić information content (AvgIpc) is 3.33. The predicted molar refractivity (Wildman–Crippen MR) is 142 cm³/mol. The molecule has 2 fully saturated rings. The summed E-state index contributed by atoms with van der Waals surface area (Å²) < 4.78 is 25.0. The first-order valence-corrected chi connectivity index (χ1v) is 13.4. The van der Waals surface area contributed by atoms with Gasteiger partial charge in [0.25, 0.3) is 0 Å². The van der Waals surface area contributed by atoms with E-state index in [-0.39, 0.29) is 23.6 Å². The van der Waals surface area contributed by atoms with E-state index in [1.807, 2.05) is 6.07 Å². The number of carbonyl (C=O) groups is 1. The third-order valence-corrected chi connectivity index (χ3v) is 7.39. The third kappa shape index (κ3) is 7.09. The van der Waals surface area contributed by atoms with Crippen molar-refractivity contribution in [2.24, 2.45) is 11.8 Å². The lowest BCUT2D eigenvalue weighted by molar-refractivity contribution is -0.127. The van der Waals surface area contributed by atoms with E-state index in [1.54, 1.807) is 12.1 Å². The van der Waals surface area contributed by atoms with E-state index in [2.05, 4.69) is 44.5 Å². The van der Waals surface area contributed by atoms with Crippen molar-refractivity contribution in [1.82, 2.24) is 20.1 Å². The summed E-state index contributed by atoms with van der Waals surface area (Å²) in [7, 11) is 0. The zero-order chi connectivity index (χ0) is 25.5. The van der Waals surface area contributed by atoms with Crippen molar-refractivity contribution in [3.8, 4) is 5.75 Å². The van der Waals surface area contributed by atoms with Crippen molar-refractivity contribution < 1.29 is 18.7 Å². The molecule has 1 amide bonds. The Morgan fingerprint density at radius 3 is 2.84 bits per heavy atom. The van der Waals surface area contributed by atoms with Gasteiger partial charge in [0.2, 0.25) is 5.91 Å². The molecule has 7 nitrogen and oxygen atoms in total. The Morgan fingerprint density at radius 2 is 1.97 bits per heavy atom. The van der Waals surface area contributed by atoms with Gasteiger partial charge in [0.1, 0.15) is 11.6 Å². The van der Waals surface area contributed by atoms with Crippen LogP contribution in [-0.4, -0.2) is 79.8 Å². The van der Waals surface area contributed by atoms with Gasteiger partial charge >= 0.3 is 0 Å². The molecule has 0 saturated carbocycles. The van der Waals surface area contributed by atoms with Crippen LogP contribution < -0.4 is 10.1 Å². The minimum Gasteiger partial charge on any atom is -0.493 e. The standard InChI is InChI=1S/C29H37FN4O3/c30-25-5-3-6-26(16-25)37-21-22-15-23(29(35)31-9-4-10-33-11-13-36-14-12-33)19-34(18-22)20-24-17-32-28-8-2-1-7-27(24)28/h1-3,5-8,16-17,22-23,32H,4,9-15,18-21H2,(H,31,35)/t22-,23+/m0/s1. The molecule has 1 aromatic heterocycles. The van der Waals surface area contributed by atoms with Crippen LogP contribution in [0.2, 0.25) is 0 Å². The number of aromatic amines is 1. The van der Waals surface area contributed by atoms with Gasteiger partial charge in [-0.05, 0) is 43.1 Å². The number of halogens is 1. The fourth-order valence-corrected chi connectivity index (χ4v) is 5.50. The van der Waals surface area contributed by atoms with E-state index in [0.717, 1.165) is 64.3 Å². The molecule has 5 rings (SSSR count). The predicted octanol–water partition coefficient (Wildman–Crippen LogP) is 3.66. The van der Waals surface area contributed by atoms with Crippen molar-refractivity contribution in [1.29, 1.82) is 0 Å². The maximum absolute atomic E-state index is 13.6. The van der Waals surface area contributed by atoms with Gasteiger partial charge in [-0.2, -0.15) is 0 Å². The number of piperidine rings is 1. The molecule has 2 saturated heterocycles. The minimum absolute atomic E-state index is 0.108. The van der Waals surface area contributed by atoms with Crippen molar-refractivity contribution in [3.63, 3.8) is 0 Å². The number of nitrogens with one attached hydrogen (secondary N) is 2. The first-order valence-electron chi connectivity index (χ1n) is 13.4. The van der Waals surface area contributed by atoms with Crippen molar-refractivity contribution in [2.75, 3.05) is 59.1 Å². The van der Waals surface area contributed by atoms with Crippen molar-refractivity contribution in [3.05, 3.63) is 66.1 Å². The smallest absolute Gasteiger partial charge is 0.224 e. The molecule has 0 radical (unpaired) electrons. The Kier molecular flexibility index (Phi) is 8.71. The summed E-state index contributed by atoms with van der Waals surface area (Å²) >= 11 is 0. The van der Waals surface area contributed by atoms with Crippen LogP contribution in [0.3, 0.4) is 0 Å². The van der Waals surface area contributed by atoms with Gasteiger partial charge in [0.15, 0.2) is 0 Å². The molecule has 2 atom stereocenters. The fourth-order valence-electron chi connectivity index (χ4n) is 5.50. The molecule has 2 aromatic carbocycles. The van der Waals surface area contributed by atoms with Crippen molar-refractivity contribution >= 4 is 16.8 Å². The largest absolute Gasteiger partial charge is 0.493 e. The molecule has 3 heterocycles. The first kappa shape index (κ1) is 25.7. The summed E-state index contributed by atoms with van der Waals surface area (Å²) in [6, 6.07) is 14.5. The van der Waals surface area contributed by atoms with Crippen LogP contribution in [-0.2, 0) is 16.1 Å². The number of aromatic nitrogens is 1. The van der Waals surface area contributed by atoms with Gasteiger partial charge in [-0.1, -0.05) is 24.3 Å². The van der Waals surface area contributed by atoms with Crippen molar-refractivity contribution in [2.45, 2.75) is 19.4 Å². The number of hydrogen-bond acceptors (Lipinski definition) is 5. The summed E-state index contributed by atoms with van der Waals surface area (Å²) in [6.45, 7) is 7.93.